The van der Waals surface area contributed by atoms with Gasteiger partial charge in [0.1, 0.15) is 11.6 Å². The molecule has 286 valence electrons. The standard InChI is InChI=1S/C46H51FN2O3.2ClH/c1-51-43-31-36-26-30-49-46(42(36)32-44(43)52-2,33-35-18-23-40(48)24-19-35)29-10-28-45(37-11-5-3-6-12-37,38-13-7-4-8-14-38)27-9-15-41(50)25-20-34-16-21-39(47)22-17-34;;/h3-8,11-14,16-19,21-24,31-32,49H,9-10,15,20,25-30,33,48H2,1-2H3;2*1H. The number of rotatable bonds is 17. The first-order chi connectivity index (χ1) is 25.3. The third-order valence-corrected chi connectivity index (χ3v) is 11.0. The summed E-state index contributed by atoms with van der Waals surface area (Å²) in [6.07, 6.45) is 7.71. The Labute approximate surface area is 332 Å². The van der Waals surface area contributed by atoms with Crippen molar-refractivity contribution >= 4 is 36.3 Å². The Morgan fingerprint density at radius 1 is 0.759 bits per heavy atom. The molecule has 1 aliphatic rings. The summed E-state index contributed by atoms with van der Waals surface area (Å²) in [6, 6.07) is 40.7. The van der Waals surface area contributed by atoms with Gasteiger partial charge in [-0.15, -0.1) is 24.8 Å². The molecule has 0 radical (unpaired) electrons. The molecular weight excluding hydrogens is 718 g/mol. The quantitative estimate of drug-likeness (QED) is 0.0921. The van der Waals surface area contributed by atoms with Gasteiger partial charge in [0.05, 0.1) is 14.2 Å². The van der Waals surface area contributed by atoms with Crippen molar-refractivity contribution in [1.82, 2.24) is 5.32 Å². The molecule has 0 bridgehead atoms. The number of fused-ring (bicyclic) bond motifs is 1. The SMILES string of the molecule is COc1cc2c(cc1OC)C(CCCC(CCCC(=O)CCc1ccc(F)cc1)(c1ccccc1)c1ccccc1)(Cc1ccc(N)cc1)NCC2.Cl.Cl. The van der Waals surface area contributed by atoms with Crippen molar-refractivity contribution in [3.05, 3.63) is 161 Å². The Morgan fingerprint density at radius 3 is 1.94 bits per heavy atom. The van der Waals surface area contributed by atoms with Gasteiger partial charge in [0, 0.05) is 36.0 Å². The molecule has 0 saturated heterocycles. The number of hydrogen-bond acceptors (Lipinski definition) is 5. The van der Waals surface area contributed by atoms with Gasteiger partial charge >= 0.3 is 0 Å². The molecule has 0 aromatic heterocycles. The molecule has 3 N–H and O–H groups in total. The second-order valence-electron chi connectivity index (χ2n) is 14.2. The van der Waals surface area contributed by atoms with Gasteiger partial charge in [-0.3, -0.25) is 4.79 Å². The smallest absolute Gasteiger partial charge is 0.161 e. The molecule has 5 aromatic carbocycles. The number of ether oxygens (including phenoxy) is 2. The van der Waals surface area contributed by atoms with E-state index in [1.165, 1.54) is 39.9 Å². The van der Waals surface area contributed by atoms with Gasteiger partial charge in [-0.05, 0) is 115 Å². The molecule has 5 nitrogen and oxygen atoms in total. The Morgan fingerprint density at radius 2 is 1.33 bits per heavy atom. The molecule has 0 spiro atoms. The minimum atomic E-state index is -0.335. The summed E-state index contributed by atoms with van der Waals surface area (Å²) < 4.78 is 25.0. The lowest BCUT2D eigenvalue weighted by molar-refractivity contribution is -0.119. The van der Waals surface area contributed by atoms with E-state index in [1.54, 1.807) is 26.4 Å². The molecule has 0 saturated carbocycles. The molecule has 5 aromatic rings. The van der Waals surface area contributed by atoms with Crippen LogP contribution in [0.4, 0.5) is 10.1 Å². The van der Waals surface area contributed by atoms with Gasteiger partial charge in [-0.1, -0.05) is 91.3 Å². The number of carbonyl (C=O) groups is 1. The number of anilines is 1. The molecule has 8 heteroatoms. The fourth-order valence-corrected chi connectivity index (χ4v) is 8.28. The highest BCUT2D eigenvalue weighted by atomic mass is 35.5. The van der Waals surface area contributed by atoms with Crippen LogP contribution in [0.3, 0.4) is 0 Å². The molecule has 54 heavy (non-hydrogen) atoms. The van der Waals surface area contributed by atoms with Crippen molar-refractivity contribution in [2.75, 3.05) is 26.5 Å². The first-order valence-corrected chi connectivity index (χ1v) is 18.6. The van der Waals surface area contributed by atoms with E-state index >= 15 is 0 Å². The lowest BCUT2D eigenvalue weighted by Gasteiger charge is -2.43. The monoisotopic (exact) mass is 770 g/mol. The second kappa shape index (κ2) is 19.8. The van der Waals surface area contributed by atoms with Crippen molar-refractivity contribution in [2.45, 2.75) is 75.2 Å². The lowest BCUT2D eigenvalue weighted by atomic mass is 9.66. The number of carbonyl (C=O) groups excluding carboxylic acids is 1. The van der Waals surface area contributed by atoms with E-state index in [0.29, 0.717) is 19.3 Å². The molecular formula is C46H53Cl2FN2O3. The van der Waals surface area contributed by atoms with Gasteiger partial charge in [0.15, 0.2) is 11.5 Å². The molecule has 0 amide bonds. The maximum Gasteiger partial charge on any atom is 0.161 e. The number of Topliss-reactive ketones (excluding diaryl/α,β-unsaturated/α-hetero) is 1. The van der Waals surface area contributed by atoms with E-state index in [1.807, 2.05) is 12.1 Å². The zero-order chi connectivity index (χ0) is 36.4. The molecule has 1 unspecified atom stereocenters. The molecule has 1 atom stereocenters. The van der Waals surface area contributed by atoms with Crippen LogP contribution < -0.4 is 20.5 Å². The van der Waals surface area contributed by atoms with E-state index in [-0.39, 0.29) is 47.4 Å². The number of aryl methyl sites for hydroxylation is 1. The molecule has 1 aliphatic heterocycles. The van der Waals surface area contributed by atoms with E-state index < -0.39 is 0 Å². The van der Waals surface area contributed by atoms with Crippen LogP contribution in [0, 0.1) is 5.82 Å². The minimum absolute atomic E-state index is 0. The largest absolute Gasteiger partial charge is 0.493 e. The summed E-state index contributed by atoms with van der Waals surface area (Å²) in [5.74, 6) is 1.48. The Kier molecular flexibility index (Phi) is 15.6. The normalized spacial score (nSPS) is 14.9. The van der Waals surface area contributed by atoms with Crippen LogP contribution in [0.5, 0.6) is 11.5 Å². The van der Waals surface area contributed by atoms with Crippen LogP contribution in [0.2, 0.25) is 0 Å². The fraction of sp³-hybridized carbons (Fsp3) is 0.326. The molecule has 0 fully saturated rings. The van der Waals surface area contributed by atoms with Gasteiger partial charge < -0.3 is 20.5 Å². The maximum absolute atomic E-state index is 13.4. The molecule has 0 aliphatic carbocycles. The third kappa shape index (κ3) is 10.0. The van der Waals surface area contributed by atoms with Gasteiger partial charge in [0.2, 0.25) is 0 Å². The number of nitrogens with one attached hydrogen (secondary N) is 1. The van der Waals surface area contributed by atoms with Crippen LogP contribution in [0.25, 0.3) is 0 Å². The van der Waals surface area contributed by atoms with Gasteiger partial charge in [0.25, 0.3) is 0 Å². The first kappa shape index (κ1) is 42.4. The lowest BCUT2D eigenvalue weighted by Crippen LogP contribution is -2.49. The number of nitrogens with two attached hydrogens (primary N) is 1. The second-order valence-corrected chi connectivity index (χ2v) is 14.2. The maximum atomic E-state index is 13.4. The first-order valence-electron chi connectivity index (χ1n) is 18.6. The number of hydrogen-bond donors (Lipinski definition) is 2. The number of benzene rings is 5. The van der Waals surface area contributed by atoms with Crippen LogP contribution in [-0.2, 0) is 35.0 Å². The van der Waals surface area contributed by atoms with Crippen molar-refractivity contribution in [2.24, 2.45) is 0 Å². The van der Waals surface area contributed by atoms with E-state index in [4.69, 9.17) is 15.2 Å². The van der Waals surface area contributed by atoms with Crippen molar-refractivity contribution in [1.29, 1.82) is 0 Å². The average molecular weight is 772 g/mol. The highest BCUT2D eigenvalue weighted by Crippen LogP contribution is 2.46. The van der Waals surface area contributed by atoms with Crippen LogP contribution in [-0.4, -0.2) is 26.5 Å². The number of methoxy groups -OCH3 is 2. The average Bonchev–Trinajstić information content (AvgIpc) is 3.18. The van der Waals surface area contributed by atoms with Crippen molar-refractivity contribution in [3.63, 3.8) is 0 Å². The Bertz CT molecular complexity index is 1870. The number of halogens is 3. The predicted octanol–water partition coefficient (Wildman–Crippen LogP) is 10.4. The van der Waals surface area contributed by atoms with E-state index in [2.05, 4.69) is 90.2 Å². The summed E-state index contributed by atoms with van der Waals surface area (Å²) in [5.41, 5.74) is 13.5. The van der Waals surface area contributed by atoms with Crippen molar-refractivity contribution in [3.8, 4) is 11.5 Å². The van der Waals surface area contributed by atoms with Crippen LogP contribution >= 0.6 is 24.8 Å². The van der Waals surface area contributed by atoms with E-state index in [9.17, 15) is 9.18 Å². The fourth-order valence-electron chi connectivity index (χ4n) is 8.28. The summed E-state index contributed by atoms with van der Waals surface area (Å²) in [4.78, 5) is 13.2. The van der Waals surface area contributed by atoms with Gasteiger partial charge in [-0.25, -0.2) is 4.39 Å². The minimum Gasteiger partial charge on any atom is -0.493 e. The summed E-state index contributed by atoms with van der Waals surface area (Å²) in [5, 5.41) is 4.00. The zero-order valence-electron chi connectivity index (χ0n) is 31.3. The van der Waals surface area contributed by atoms with Crippen LogP contribution in [0.15, 0.2) is 121 Å². The molecule has 6 rings (SSSR count). The molecule has 1 heterocycles. The summed E-state index contributed by atoms with van der Waals surface area (Å²) >= 11 is 0. The third-order valence-electron chi connectivity index (χ3n) is 11.0. The Hall–Kier alpha value is -4.36. The topological polar surface area (TPSA) is 73.6 Å². The Balaban J connectivity index is 0.00000325. The predicted molar refractivity (Wildman–Crippen MR) is 223 cm³/mol. The highest BCUT2D eigenvalue weighted by molar-refractivity contribution is 5.85. The zero-order valence-corrected chi connectivity index (χ0v) is 33.0. The van der Waals surface area contributed by atoms with E-state index in [0.717, 1.165) is 74.2 Å². The summed E-state index contributed by atoms with van der Waals surface area (Å²) in [7, 11) is 3.39. The van der Waals surface area contributed by atoms with Crippen LogP contribution in [0.1, 0.15) is 78.3 Å². The highest BCUT2D eigenvalue weighted by Gasteiger charge is 2.40. The number of nitrogen functional groups attached to an aromatic ring is 1. The summed E-state index contributed by atoms with van der Waals surface area (Å²) in [6.45, 7) is 0.861. The van der Waals surface area contributed by atoms with Gasteiger partial charge in [-0.2, -0.15) is 0 Å². The number of ketones is 1. The van der Waals surface area contributed by atoms with Crippen molar-refractivity contribution < 1.29 is 18.7 Å².